The van der Waals surface area contributed by atoms with Crippen LogP contribution in [0.4, 0.5) is 26.7 Å². The number of amides is 5. The Balaban J connectivity index is 0.905. The summed E-state index contributed by atoms with van der Waals surface area (Å²) in [5, 5.41) is 53.9. The second kappa shape index (κ2) is 23.5. The highest BCUT2D eigenvalue weighted by atomic mass is 32.2. The smallest absolute Gasteiger partial charge is 0.414 e. The van der Waals surface area contributed by atoms with Crippen molar-refractivity contribution in [1.29, 1.82) is 0 Å². The number of rotatable bonds is 18. The van der Waals surface area contributed by atoms with Crippen LogP contribution in [0.25, 0.3) is 0 Å². The van der Waals surface area contributed by atoms with Crippen LogP contribution in [0, 0.1) is 42.2 Å². The average Bonchev–Trinajstić information content (AvgIpc) is 4.09. The first-order valence-electron chi connectivity index (χ1n) is 22.9. The topological polar surface area (TPSA) is 347 Å². The van der Waals surface area contributed by atoms with E-state index in [0.29, 0.717) is 47.5 Å². The van der Waals surface area contributed by atoms with Crippen molar-refractivity contribution in [2.24, 2.45) is 16.8 Å². The van der Waals surface area contributed by atoms with Crippen molar-refractivity contribution in [3.63, 3.8) is 0 Å². The molecule has 0 bridgehead atoms. The first-order valence-corrected chi connectivity index (χ1v) is 23.8. The Morgan fingerprint density at radius 2 is 1.33 bits per heavy atom. The van der Waals surface area contributed by atoms with E-state index >= 15 is 0 Å². The number of nitro groups is 3. The molecule has 73 heavy (non-hydrogen) atoms. The summed E-state index contributed by atoms with van der Waals surface area (Å²) in [5.74, 6) is -3.28. The number of hydrogen-bond acceptors (Lipinski definition) is 19. The molecule has 5 amide bonds. The van der Waals surface area contributed by atoms with Gasteiger partial charge in [-0.05, 0) is 72.9 Å². The molecule has 26 nitrogen and oxygen atoms in total. The van der Waals surface area contributed by atoms with E-state index in [1.54, 1.807) is 4.90 Å². The number of carbonyl (C=O) groups excluding carboxylic acids is 6. The number of guanidine groups is 1. The molecule has 4 aliphatic rings. The largest absolute Gasteiger partial charge is 0.456 e. The molecule has 0 spiro atoms. The number of benzene rings is 3. The predicted octanol–water partition coefficient (Wildman–Crippen LogP) is 3.30. The summed E-state index contributed by atoms with van der Waals surface area (Å²) in [6.07, 6.45) is -2.48. The fraction of sp³-hybridized carbons (Fsp3) is 0.413. The van der Waals surface area contributed by atoms with Crippen LogP contribution >= 0.6 is 11.8 Å². The Hall–Kier alpha value is -8.04. The van der Waals surface area contributed by atoms with Gasteiger partial charge in [-0.3, -0.25) is 60.4 Å². The number of aliphatic hydroxyl groups excluding tert-OH is 1. The standard InChI is InChI=1S/C46H50N10O16S/c1-25-38-37(26(2)57)42(60)53(38)39(43(61)70-22-27-3-9-31(10-4-27)54(64)65)40(25)73-34-19-35(48-20-34)41(59)52-18-16-30(21-52)49-36(58)15-17-47-44(50-45(62)71-23-28-5-11-32(12-6-28)55(66)67)51-46(63)72-24-29-7-13-33(14-8-29)56(68)69/h3-14,25-26,30,34-35,37-38,48,57H,15-24H2,1-2H3,(H,49,58)(H2,47,50,51,62,63)/t25-,26-,30+,34+,35+,37-,38-/m1/s1. The van der Waals surface area contributed by atoms with Gasteiger partial charge in [0.15, 0.2) is 0 Å². The van der Waals surface area contributed by atoms with Gasteiger partial charge in [0.05, 0.1) is 45.4 Å². The van der Waals surface area contributed by atoms with Crippen molar-refractivity contribution in [2.45, 2.75) is 82.4 Å². The van der Waals surface area contributed by atoms with Gasteiger partial charge in [-0.25, -0.2) is 14.4 Å². The van der Waals surface area contributed by atoms with Crippen LogP contribution in [-0.4, -0.2) is 127 Å². The molecule has 3 aromatic carbocycles. The number of thioether (sulfide) groups is 1. The van der Waals surface area contributed by atoms with E-state index in [9.17, 15) is 64.2 Å². The number of alkyl carbamates (subject to hydrolysis) is 2. The predicted molar refractivity (Wildman–Crippen MR) is 256 cm³/mol. The second-order valence-electron chi connectivity index (χ2n) is 17.5. The molecule has 3 aromatic rings. The number of esters is 1. The minimum atomic E-state index is -1.07. The van der Waals surface area contributed by atoms with Crippen LogP contribution in [0.3, 0.4) is 0 Å². The summed E-state index contributed by atoms with van der Waals surface area (Å²) in [5.41, 5.74) is 0.960. The zero-order valence-electron chi connectivity index (χ0n) is 39.2. The molecule has 0 unspecified atom stereocenters. The van der Waals surface area contributed by atoms with E-state index in [1.807, 2.05) is 6.92 Å². The van der Waals surface area contributed by atoms with Crippen LogP contribution in [0.15, 0.2) is 88.4 Å². The highest BCUT2D eigenvalue weighted by Crippen LogP contribution is 2.52. The zero-order chi connectivity index (χ0) is 52.5. The van der Waals surface area contributed by atoms with E-state index < -0.39 is 80.8 Å². The number of fused-ring (bicyclic) bond motifs is 1. The maximum absolute atomic E-state index is 13.8. The first-order chi connectivity index (χ1) is 34.9. The molecule has 386 valence electrons. The first kappa shape index (κ1) is 52.8. The molecule has 3 saturated heterocycles. The third-order valence-corrected chi connectivity index (χ3v) is 14.0. The summed E-state index contributed by atoms with van der Waals surface area (Å²) in [6, 6.07) is 14.5. The van der Waals surface area contributed by atoms with Crippen molar-refractivity contribution in [3.05, 3.63) is 130 Å². The van der Waals surface area contributed by atoms with Gasteiger partial charge in [-0.1, -0.05) is 6.92 Å². The molecule has 4 aliphatic heterocycles. The molecule has 27 heteroatoms. The van der Waals surface area contributed by atoms with E-state index in [0.717, 1.165) is 0 Å². The summed E-state index contributed by atoms with van der Waals surface area (Å²) >= 11 is 1.37. The zero-order valence-corrected chi connectivity index (χ0v) is 40.0. The Morgan fingerprint density at radius 3 is 1.82 bits per heavy atom. The van der Waals surface area contributed by atoms with Crippen molar-refractivity contribution < 1.29 is 62.9 Å². The molecule has 7 atom stereocenters. The minimum absolute atomic E-state index is 0.0763. The number of nitrogens with one attached hydrogen (secondary N) is 4. The molecular formula is C46H50N10O16S. The maximum Gasteiger partial charge on any atom is 0.414 e. The van der Waals surface area contributed by atoms with Gasteiger partial charge in [-0.2, -0.15) is 0 Å². The lowest BCUT2D eigenvalue weighted by molar-refractivity contribution is -0.385. The number of nitrogens with zero attached hydrogens (tertiary/aromatic N) is 6. The van der Waals surface area contributed by atoms with Gasteiger partial charge >= 0.3 is 18.2 Å². The van der Waals surface area contributed by atoms with Gasteiger partial charge in [-0.15, -0.1) is 11.8 Å². The SMILES string of the molecule is C[C@@H](O)[C@H]1C(=O)N2C(C(=O)OCc3ccc([N+](=O)[O-])cc3)=C(S[C@@H]3CN[C@H](C(=O)N4CC[C@H](NC(=O)CCN=C(NC(=O)OCc5ccc([N+](=O)[O-])cc5)NC(=O)OCc5ccc([N+](=O)[O-])cc5)C4)C3)[C@H](C)[C@H]12. The lowest BCUT2D eigenvalue weighted by Gasteiger charge is -2.46. The highest BCUT2D eigenvalue weighted by molar-refractivity contribution is 8.03. The Bertz CT molecular complexity index is 2630. The number of aliphatic imine (C=N–C) groups is 1. The molecule has 3 fully saturated rings. The molecule has 4 heterocycles. The summed E-state index contributed by atoms with van der Waals surface area (Å²) in [7, 11) is 0. The van der Waals surface area contributed by atoms with Crippen LogP contribution < -0.4 is 21.3 Å². The van der Waals surface area contributed by atoms with E-state index in [1.165, 1.54) is 96.4 Å². The quantitative estimate of drug-likeness (QED) is 0.0232. The molecule has 0 saturated carbocycles. The van der Waals surface area contributed by atoms with E-state index in [4.69, 9.17) is 14.2 Å². The Labute approximate surface area is 419 Å². The molecule has 7 rings (SSSR count). The molecule has 5 N–H and O–H groups in total. The molecular weight excluding hydrogens is 981 g/mol. The number of carbonyl (C=O) groups is 6. The number of non-ortho nitro benzene ring substituents is 3. The molecule has 0 radical (unpaired) electrons. The van der Waals surface area contributed by atoms with Crippen molar-refractivity contribution in [2.75, 3.05) is 26.2 Å². The number of nitro benzene ring substituents is 3. The van der Waals surface area contributed by atoms with Gasteiger partial charge in [0.1, 0.15) is 25.5 Å². The molecule has 0 aliphatic carbocycles. The number of likely N-dealkylation sites (tertiary alicyclic amines) is 1. The normalized spacial score (nSPS) is 21.3. The van der Waals surface area contributed by atoms with Crippen molar-refractivity contribution >= 4 is 70.7 Å². The number of aliphatic hydroxyl groups is 1. The summed E-state index contributed by atoms with van der Waals surface area (Å²) < 4.78 is 16.0. The fourth-order valence-corrected chi connectivity index (χ4v) is 10.2. The Morgan fingerprint density at radius 1 is 0.822 bits per heavy atom. The lowest BCUT2D eigenvalue weighted by Crippen LogP contribution is -2.63. The third-order valence-electron chi connectivity index (χ3n) is 12.5. The van der Waals surface area contributed by atoms with Crippen LogP contribution in [0.5, 0.6) is 0 Å². The van der Waals surface area contributed by atoms with E-state index in [-0.39, 0.29) is 79.2 Å². The van der Waals surface area contributed by atoms with Crippen molar-refractivity contribution in [3.8, 4) is 0 Å². The molecule has 0 aromatic heterocycles. The highest BCUT2D eigenvalue weighted by Gasteiger charge is 2.60. The minimum Gasteiger partial charge on any atom is -0.456 e. The number of hydrogen-bond donors (Lipinski definition) is 5. The fourth-order valence-electron chi connectivity index (χ4n) is 8.73. The van der Waals surface area contributed by atoms with Gasteiger partial charge in [0, 0.05) is 84.6 Å². The monoisotopic (exact) mass is 1030 g/mol. The number of ether oxygens (including phenoxy) is 3. The maximum atomic E-state index is 13.8. The third kappa shape index (κ3) is 13.1. The second-order valence-corrected chi connectivity index (χ2v) is 18.8. The Kier molecular flexibility index (Phi) is 17.0. The van der Waals surface area contributed by atoms with Crippen molar-refractivity contribution in [1.82, 2.24) is 31.1 Å². The summed E-state index contributed by atoms with van der Waals surface area (Å²) in [4.78, 5) is 118. The lowest BCUT2D eigenvalue weighted by atomic mass is 9.79. The van der Waals surface area contributed by atoms with Gasteiger partial charge in [0.25, 0.3) is 17.1 Å². The van der Waals surface area contributed by atoms with Crippen LogP contribution in [0.2, 0.25) is 0 Å². The number of β-lactam (4-membered cyclic amide) rings is 1. The summed E-state index contributed by atoms with van der Waals surface area (Å²) in [6.45, 7) is 3.31. The van der Waals surface area contributed by atoms with E-state index in [2.05, 4.69) is 26.3 Å². The van der Waals surface area contributed by atoms with Gasteiger partial charge in [0.2, 0.25) is 23.7 Å². The average molecular weight is 1030 g/mol. The van der Waals surface area contributed by atoms with Crippen LogP contribution in [0.1, 0.15) is 49.8 Å². The van der Waals surface area contributed by atoms with Gasteiger partial charge < -0.3 is 39.8 Å². The van der Waals surface area contributed by atoms with Crippen LogP contribution in [-0.2, 0) is 53.2 Å².